The van der Waals surface area contributed by atoms with Gasteiger partial charge in [0.25, 0.3) is 0 Å². The first kappa shape index (κ1) is 14.6. The van der Waals surface area contributed by atoms with E-state index < -0.39 is 0 Å². The Kier molecular flexibility index (Phi) is 4.46. The van der Waals surface area contributed by atoms with Crippen molar-refractivity contribution in [3.63, 3.8) is 0 Å². The van der Waals surface area contributed by atoms with Gasteiger partial charge in [-0.2, -0.15) is 0 Å². The molecule has 0 bridgehead atoms. The first-order valence-corrected chi connectivity index (χ1v) is 6.99. The summed E-state index contributed by atoms with van der Waals surface area (Å²) in [7, 11) is 0. The largest absolute Gasteiger partial charge is 0.507 e. The molecule has 0 fully saturated rings. The highest BCUT2D eigenvalue weighted by molar-refractivity contribution is 6.30. The van der Waals surface area contributed by atoms with Crippen molar-refractivity contribution in [3.05, 3.63) is 63.7 Å². The van der Waals surface area contributed by atoms with Crippen LogP contribution in [0.25, 0.3) is 0 Å². The van der Waals surface area contributed by atoms with Crippen molar-refractivity contribution >= 4 is 17.4 Å². The number of carbonyl (C=O) groups excluding carboxylic acids is 1. The normalized spacial score (nSPS) is 10.6. The second-order valence-corrected chi connectivity index (χ2v) is 5.29. The van der Waals surface area contributed by atoms with Crippen molar-refractivity contribution in [2.24, 2.45) is 0 Å². The number of halogens is 1. The summed E-state index contributed by atoms with van der Waals surface area (Å²) in [6.45, 7) is 3.50. The Morgan fingerprint density at radius 2 is 1.80 bits per heavy atom. The van der Waals surface area contributed by atoms with Gasteiger partial charge in [0.05, 0.1) is 5.56 Å². The Morgan fingerprint density at radius 3 is 2.35 bits per heavy atom. The van der Waals surface area contributed by atoms with Crippen LogP contribution in [0.15, 0.2) is 36.4 Å². The molecule has 0 radical (unpaired) electrons. The molecular weight excluding hydrogens is 272 g/mol. The molecule has 2 aromatic rings. The zero-order valence-electron chi connectivity index (χ0n) is 11.6. The predicted octanol–water partition coefficient (Wildman–Crippen LogP) is 4.40. The summed E-state index contributed by atoms with van der Waals surface area (Å²) >= 11 is 5.88. The van der Waals surface area contributed by atoms with Crippen LogP contribution in [0.5, 0.6) is 5.75 Å². The molecule has 2 nitrogen and oxygen atoms in total. The summed E-state index contributed by atoms with van der Waals surface area (Å²) in [5, 5.41) is 10.6. The van der Waals surface area contributed by atoms with Crippen LogP contribution in [0.2, 0.25) is 5.02 Å². The van der Waals surface area contributed by atoms with Crippen molar-refractivity contribution in [2.45, 2.75) is 26.7 Å². The number of ketones is 1. The van der Waals surface area contributed by atoms with E-state index >= 15 is 0 Å². The molecule has 104 valence electrons. The van der Waals surface area contributed by atoms with Crippen LogP contribution >= 0.6 is 11.6 Å². The number of Topliss-reactive ketones (excluding diaryl/α,β-unsaturated/α-hetero) is 1. The van der Waals surface area contributed by atoms with Gasteiger partial charge in [-0.15, -0.1) is 0 Å². The van der Waals surface area contributed by atoms with Crippen LogP contribution in [-0.2, 0) is 12.8 Å². The lowest BCUT2D eigenvalue weighted by molar-refractivity contribution is 0.101. The van der Waals surface area contributed by atoms with Gasteiger partial charge < -0.3 is 5.11 Å². The number of aryl methyl sites for hydroxylation is 1. The first-order valence-electron chi connectivity index (χ1n) is 6.61. The van der Waals surface area contributed by atoms with Crippen LogP contribution in [0.1, 0.15) is 40.9 Å². The summed E-state index contributed by atoms with van der Waals surface area (Å²) in [6.07, 6.45) is 1.54. The molecule has 0 aliphatic heterocycles. The monoisotopic (exact) mass is 288 g/mol. The number of hydrogen-bond acceptors (Lipinski definition) is 2. The molecule has 0 aromatic heterocycles. The molecule has 0 aliphatic rings. The molecule has 0 aliphatic carbocycles. The second-order valence-electron chi connectivity index (χ2n) is 4.85. The van der Waals surface area contributed by atoms with Gasteiger partial charge >= 0.3 is 0 Å². The summed E-state index contributed by atoms with van der Waals surface area (Å²) in [4.78, 5) is 11.5. The average molecular weight is 289 g/mol. The minimum Gasteiger partial charge on any atom is -0.507 e. The number of phenols is 1. The minimum absolute atomic E-state index is 0.0641. The number of carbonyl (C=O) groups is 1. The van der Waals surface area contributed by atoms with E-state index in [2.05, 4.69) is 0 Å². The third kappa shape index (κ3) is 3.20. The Balaban J connectivity index is 2.41. The summed E-state index contributed by atoms with van der Waals surface area (Å²) in [5.41, 5.74) is 3.63. The summed E-state index contributed by atoms with van der Waals surface area (Å²) in [5.74, 6) is -0.0586. The van der Waals surface area contributed by atoms with Gasteiger partial charge in [-0.25, -0.2) is 0 Å². The van der Waals surface area contributed by atoms with Crippen molar-refractivity contribution in [2.75, 3.05) is 0 Å². The van der Waals surface area contributed by atoms with Crippen molar-refractivity contribution in [1.82, 2.24) is 0 Å². The molecule has 0 amide bonds. The van der Waals surface area contributed by atoms with Gasteiger partial charge in [0.15, 0.2) is 5.78 Å². The Morgan fingerprint density at radius 1 is 1.15 bits per heavy atom. The average Bonchev–Trinajstić information content (AvgIpc) is 2.42. The second kappa shape index (κ2) is 6.10. The zero-order chi connectivity index (χ0) is 14.7. The summed E-state index contributed by atoms with van der Waals surface area (Å²) in [6, 6.07) is 11.2. The van der Waals surface area contributed by atoms with E-state index in [1.165, 1.54) is 6.92 Å². The lowest BCUT2D eigenvalue weighted by Gasteiger charge is -2.12. The molecule has 0 saturated heterocycles. The lowest BCUT2D eigenvalue weighted by Crippen LogP contribution is -2.00. The van der Waals surface area contributed by atoms with Crippen molar-refractivity contribution in [3.8, 4) is 5.75 Å². The molecular formula is C17H17ClO2. The predicted molar refractivity (Wildman–Crippen MR) is 81.7 cm³/mol. The van der Waals surface area contributed by atoms with Crippen LogP contribution in [-0.4, -0.2) is 10.9 Å². The molecule has 20 heavy (non-hydrogen) atoms. The standard InChI is InChI=1S/C17H17ClO2/c1-3-13-10-17(20)16(11(2)19)9-14(13)8-12-4-6-15(18)7-5-12/h4-7,9-10,20H,3,8H2,1-2H3. The maximum atomic E-state index is 11.5. The number of rotatable bonds is 4. The minimum atomic E-state index is -0.123. The van der Waals surface area contributed by atoms with Gasteiger partial charge in [0, 0.05) is 5.02 Å². The van der Waals surface area contributed by atoms with E-state index in [0.717, 1.165) is 29.5 Å². The summed E-state index contributed by atoms with van der Waals surface area (Å²) < 4.78 is 0. The number of hydrogen-bond donors (Lipinski definition) is 1. The topological polar surface area (TPSA) is 37.3 Å². The lowest BCUT2D eigenvalue weighted by atomic mass is 9.94. The molecule has 3 heteroatoms. The third-order valence-corrected chi connectivity index (χ3v) is 3.64. The zero-order valence-corrected chi connectivity index (χ0v) is 12.4. The van der Waals surface area contributed by atoms with Gasteiger partial charge in [-0.3, -0.25) is 4.79 Å². The fourth-order valence-electron chi connectivity index (χ4n) is 2.27. The fraction of sp³-hybridized carbons (Fsp3) is 0.235. The molecule has 0 spiro atoms. The Hall–Kier alpha value is -1.80. The molecule has 0 unspecified atom stereocenters. The first-order chi connectivity index (χ1) is 9.51. The van der Waals surface area contributed by atoms with Crippen molar-refractivity contribution in [1.29, 1.82) is 0 Å². The molecule has 0 heterocycles. The number of benzene rings is 2. The molecule has 0 saturated carbocycles. The maximum absolute atomic E-state index is 11.5. The highest BCUT2D eigenvalue weighted by atomic mass is 35.5. The highest BCUT2D eigenvalue weighted by Crippen LogP contribution is 2.26. The molecule has 2 aromatic carbocycles. The smallest absolute Gasteiger partial charge is 0.163 e. The fourth-order valence-corrected chi connectivity index (χ4v) is 2.40. The van der Waals surface area contributed by atoms with E-state index in [0.29, 0.717) is 10.6 Å². The maximum Gasteiger partial charge on any atom is 0.163 e. The van der Waals surface area contributed by atoms with Crippen LogP contribution in [0.4, 0.5) is 0 Å². The van der Waals surface area contributed by atoms with Gasteiger partial charge in [-0.1, -0.05) is 30.7 Å². The van der Waals surface area contributed by atoms with Gasteiger partial charge in [0.1, 0.15) is 5.75 Å². The third-order valence-electron chi connectivity index (χ3n) is 3.39. The van der Waals surface area contributed by atoms with Crippen LogP contribution in [0.3, 0.4) is 0 Å². The number of phenolic OH excluding ortho intramolecular Hbond substituents is 1. The van der Waals surface area contributed by atoms with Crippen LogP contribution in [0, 0.1) is 0 Å². The molecule has 2 rings (SSSR count). The van der Waals surface area contributed by atoms with Crippen molar-refractivity contribution < 1.29 is 9.90 Å². The Labute approximate surface area is 124 Å². The van der Waals surface area contributed by atoms with E-state index in [4.69, 9.17) is 11.6 Å². The van der Waals surface area contributed by atoms with Crippen LogP contribution < -0.4 is 0 Å². The van der Waals surface area contributed by atoms with E-state index in [-0.39, 0.29) is 11.5 Å². The molecule has 0 atom stereocenters. The quantitative estimate of drug-likeness (QED) is 0.847. The SMILES string of the molecule is CCc1cc(O)c(C(C)=O)cc1Cc1ccc(Cl)cc1. The number of aromatic hydroxyl groups is 1. The van der Waals surface area contributed by atoms with Gasteiger partial charge in [0.2, 0.25) is 0 Å². The molecule has 1 N–H and O–H groups in total. The van der Waals surface area contributed by atoms with E-state index in [1.807, 2.05) is 31.2 Å². The van der Waals surface area contributed by atoms with Gasteiger partial charge in [-0.05, 0) is 60.7 Å². The Bertz CT molecular complexity index is 630. The van der Waals surface area contributed by atoms with E-state index in [9.17, 15) is 9.90 Å². The highest BCUT2D eigenvalue weighted by Gasteiger charge is 2.12. The van der Waals surface area contributed by atoms with E-state index in [1.54, 1.807) is 12.1 Å².